The van der Waals surface area contributed by atoms with Gasteiger partial charge in [0.25, 0.3) is 0 Å². The Morgan fingerprint density at radius 3 is 2.33 bits per heavy atom. The van der Waals surface area contributed by atoms with E-state index in [0.717, 1.165) is 6.54 Å². The molecule has 1 rings (SSSR count). The monoisotopic (exact) mass is 285 g/mol. The highest BCUT2D eigenvalue weighted by Crippen LogP contribution is 2.23. The summed E-state index contributed by atoms with van der Waals surface area (Å²) in [6, 6.07) is 9.22. The van der Waals surface area contributed by atoms with E-state index in [2.05, 4.69) is 69.6 Å². The van der Waals surface area contributed by atoms with Crippen molar-refractivity contribution in [3.8, 4) is 0 Å². The van der Waals surface area contributed by atoms with E-state index in [9.17, 15) is 0 Å². The van der Waals surface area contributed by atoms with Crippen LogP contribution < -0.4 is 0 Å². The molecule has 0 aromatic heterocycles. The van der Waals surface area contributed by atoms with E-state index in [1.54, 1.807) is 0 Å². The van der Waals surface area contributed by atoms with Gasteiger partial charge in [-0.3, -0.25) is 4.90 Å². The number of allylic oxidation sites excluding steroid dienone is 1. The van der Waals surface area contributed by atoms with E-state index in [-0.39, 0.29) is 0 Å². The minimum absolute atomic E-state index is 0.686. The lowest BCUT2D eigenvalue weighted by Crippen LogP contribution is -2.33. The van der Waals surface area contributed by atoms with Crippen LogP contribution in [0, 0.1) is 0 Å². The van der Waals surface area contributed by atoms with Crippen LogP contribution in [-0.4, -0.2) is 24.5 Å². The summed E-state index contributed by atoms with van der Waals surface area (Å²) in [6.45, 7) is 11.6. The van der Waals surface area contributed by atoms with E-state index in [4.69, 9.17) is 0 Å². The summed E-state index contributed by atoms with van der Waals surface area (Å²) in [5.74, 6) is 0. The topological polar surface area (TPSA) is 3.24 Å². The van der Waals surface area contributed by atoms with Gasteiger partial charge in [0.15, 0.2) is 0 Å². The van der Waals surface area contributed by atoms with Crippen molar-refractivity contribution in [1.82, 2.24) is 4.90 Å². The van der Waals surface area contributed by atoms with Gasteiger partial charge < -0.3 is 0 Å². The van der Waals surface area contributed by atoms with Crippen molar-refractivity contribution in [3.63, 3.8) is 0 Å². The zero-order valence-electron chi connectivity index (χ0n) is 14.2. The van der Waals surface area contributed by atoms with Gasteiger partial charge >= 0.3 is 0 Å². The molecule has 0 unspecified atom stereocenters. The Labute approximate surface area is 131 Å². The highest BCUT2D eigenvalue weighted by molar-refractivity contribution is 5.74. The van der Waals surface area contributed by atoms with Gasteiger partial charge in [-0.15, -0.1) is 0 Å². The standard InChI is InChI=1S/C20H31N/c1-6-12-19(13-7-2)21(5)16-18(9-4)20-15-11-10-14-17(20)8-3/h8-11,14-15,19H,3,6-7,12-13,16H2,1-2,4-5H3/b18-9-. The van der Waals surface area contributed by atoms with Crippen LogP contribution in [0.5, 0.6) is 0 Å². The number of rotatable bonds is 9. The van der Waals surface area contributed by atoms with Gasteiger partial charge in [-0.2, -0.15) is 0 Å². The van der Waals surface area contributed by atoms with Crippen molar-refractivity contribution in [2.45, 2.75) is 52.5 Å². The molecule has 0 aliphatic carbocycles. The van der Waals surface area contributed by atoms with Gasteiger partial charge in [0.05, 0.1) is 0 Å². The lowest BCUT2D eigenvalue weighted by Gasteiger charge is -2.29. The second kappa shape index (κ2) is 9.57. The smallest absolute Gasteiger partial charge is 0.0236 e. The second-order valence-corrected chi connectivity index (χ2v) is 5.75. The molecule has 21 heavy (non-hydrogen) atoms. The van der Waals surface area contributed by atoms with Crippen LogP contribution in [-0.2, 0) is 0 Å². The van der Waals surface area contributed by atoms with Gasteiger partial charge in [-0.1, -0.05) is 69.7 Å². The number of likely N-dealkylation sites (N-methyl/N-ethyl adjacent to an activating group) is 1. The van der Waals surface area contributed by atoms with Crippen LogP contribution >= 0.6 is 0 Å². The first-order chi connectivity index (χ1) is 10.2. The Morgan fingerprint density at radius 2 is 1.81 bits per heavy atom. The second-order valence-electron chi connectivity index (χ2n) is 5.75. The highest BCUT2D eigenvalue weighted by Gasteiger charge is 2.15. The number of hydrogen-bond acceptors (Lipinski definition) is 1. The maximum atomic E-state index is 3.94. The fourth-order valence-corrected chi connectivity index (χ4v) is 2.95. The molecule has 0 heterocycles. The quantitative estimate of drug-likeness (QED) is 0.568. The third-order valence-electron chi connectivity index (χ3n) is 4.16. The first-order valence-electron chi connectivity index (χ1n) is 8.25. The molecule has 0 amide bonds. The molecule has 0 saturated heterocycles. The summed E-state index contributed by atoms with van der Waals surface area (Å²) in [5, 5.41) is 0. The number of benzene rings is 1. The molecule has 0 atom stereocenters. The summed E-state index contributed by atoms with van der Waals surface area (Å²) in [6.07, 6.45) is 9.27. The molecule has 0 aliphatic rings. The third kappa shape index (κ3) is 5.17. The molecule has 1 nitrogen and oxygen atoms in total. The summed E-state index contributed by atoms with van der Waals surface area (Å²) < 4.78 is 0. The molecule has 0 saturated carbocycles. The molecule has 0 N–H and O–H groups in total. The molecule has 0 fully saturated rings. The van der Waals surface area contributed by atoms with Gasteiger partial charge in [0, 0.05) is 12.6 Å². The lowest BCUT2D eigenvalue weighted by molar-refractivity contribution is 0.240. The van der Waals surface area contributed by atoms with Crippen molar-refractivity contribution < 1.29 is 0 Å². The van der Waals surface area contributed by atoms with Gasteiger partial charge in [0.2, 0.25) is 0 Å². The first kappa shape index (κ1) is 17.7. The molecule has 0 radical (unpaired) electrons. The van der Waals surface area contributed by atoms with Crippen molar-refractivity contribution >= 4 is 11.6 Å². The van der Waals surface area contributed by atoms with Crippen LogP contribution in [0.15, 0.2) is 36.9 Å². The maximum absolute atomic E-state index is 3.94. The Balaban J connectivity index is 2.89. The predicted octanol–water partition coefficient (Wildman–Crippen LogP) is 5.63. The summed E-state index contributed by atoms with van der Waals surface area (Å²) in [7, 11) is 2.26. The van der Waals surface area contributed by atoms with Crippen LogP contribution in [0.4, 0.5) is 0 Å². The zero-order chi connectivity index (χ0) is 15.7. The minimum Gasteiger partial charge on any atom is -0.299 e. The van der Waals surface area contributed by atoms with Crippen molar-refractivity contribution in [1.29, 1.82) is 0 Å². The van der Waals surface area contributed by atoms with E-state index in [1.807, 2.05) is 6.08 Å². The summed E-state index contributed by atoms with van der Waals surface area (Å²) in [5.41, 5.74) is 3.93. The Kier molecular flexibility index (Phi) is 8.07. The SMILES string of the molecule is C=Cc1ccccc1/C(=C\C)CN(C)C(CCC)CCC. The normalized spacial score (nSPS) is 12.2. The maximum Gasteiger partial charge on any atom is 0.0236 e. The average Bonchev–Trinajstić information content (AvgIpc) is 2.52. The highest BCUT2D eigenvalue weighted by atomic mass is 15.1. The number of nitrogens with zero attached hydrogens (tertiary/aromatic N) is 1. The lowest BCUT2D eigenvalue weighted by atomic mass is 9.97. The Morgan fingerprint density at radius 1 is 1.19 bits per heavy atom. The van der Waals surface area contributed by atoms with E-state index >= 15 is 0 Å². The summed E-state index contributed by atoms with van der Waals surface area (Å²) in [4.78, 5) is 2.52. The minimum atomic E-state index is 0.686. The largest absolute Gasteiger partial charge is 0.299 e. The van der Waals surface area contributed by atoms with Crippen LogP contribution in [0.1, 0.15) is 57.6 Å². The van der Waals surface area contributed by atoms with Crippen molar-refractivity contribution in [2.75, 3.05) is 13.6 Å². The fourth-order valence-electron chi connectivity index (χ4n) is 2.95. The van der Waals surface area contributed by atoms with E-state index < -0.39 is 0 Å². The molecule has 1 aromatic rings. The molecule has 0 aliphatic heterocycles. The third-order valence-corrected chi connectivity index (χ3v) is 4.16. The molecular formula is C20H31N. The van der Waals surface area contributed by atoms with Crippen molar-refractivity contribution in [3.05, 3.63) is 48.0 Å². The van der Waals surface area contributed by atoms with Gasteiger partial charge in [-0.25, -0.2) is 0 Å². The molecule has 1 heteroatoms. The number of hydrogen-bond donors (Lipinski definition) is 0. The Bertz CT molecular complexity index is 453. The van der Waals surface area contributed by atoms with E-state index in [1.165, 1.54) is 42.4 Å². The van der Waals surface area contributed by atoms with Crippen LogP contribution in [0.25, 0.3) is 11.6 Å². The average molecular weight is 285 g/mol. The van der Waals surface area contributed by atoms with Crippen molar-refractivity contribution in [2.24, 2.45) is 0 Å². The molecule has 0 bridgehead atoms. The molecule has 116 valence electrons. The summed E-state index contributed by atoms with van der Waals surface area (Å²) >= 11 is 0. The molecule has 0 spiro atoms. The van der Waals surface area contributed by atoms with Gasteiger partial charge in [-0.05, 0) is 43.5 Å². The van der Waals surface area contributed by atoms with E-state index in [0.29, 0.717) is 6.04 Å². The molecule has 1 aromatic carbocycles. The first-order valence-corrected chi connectivity index (χ1v) is 8.25. The van der Waals surface area contributed by atoms with Gasteiger partial charge in [0.1, 0.15) is 0 Å². The fraction of sp³-hybridized carbons (Fsp3) is 0.500. The zero-order valence-corrected chi connectivity index (χ0v) is 14.2. The molecular weight excluding hydrogens is 254 g/mol. The van der Waals surface area contributed by atoms with Crippen LogP contribution in [0.3, 0.4) is 0 Å². The Hall–Kier alpha value is -1.34. The van der Waals surface area contributed by atoms with Crippen LogP contribution in [0.2, 0.25) is 0 Å². The predicted molar refractivity (Wildman–Crippen MR) is 96.4 cm³/mol.